The normalized spacial score (nSPS) is 10.5. The number of carbonyl (C=O) groups excluding carboxylic acids is 1. The van der Waals surface area contributed by atoms with E-state index < -0.39 is 11.9 Å². The van der Waals surface area contributed by atoms with Crippen molar-refractivity contribution in [3.63, 3.8) is 0 Å². The number of carboxylic acid groups (broad SMARTS) is 1. The van der Waals surface area contributed by atoms with Gasteiger partial charge in [-0.3, -0.25) is 4.79 Å². The Hall–Kier alpha value is -3.04. The highest BCUT2D eigenvalue weighted by Gasteiger charge is 2.17. The minimum atomic E-state index is -1.26. The predicted molar refractivity (Wildman–Crippen MR) is 88.8 cm³/mol. The third-order valence-electron chi connectivity index (χ3n) is 3.11. The van der Waals surface area contributed by atoms with Crippen molar-refractivity contribution in [3.8, 4) is 11.4 Å². The van der Waals surface area contributed by atoms with E-state index in [9.17, 15) is 14.7 Å². The molecule has 0 fully saturated rings. The second-order valence-corrected chi connectivity index (χ2v) is 5.54. The van der Waals surface area contributed by atoms with E-state index in [0.29, 0.717) is 11.4 Å². The molecular weight excluding hydrogens is 371 g/mol. The van der Waals surface area contributed by atoms with Gasteiger partial charge in [-0.15, -0.1) is 10.2 Å². The molecule has 1 aromatic carbocycles. The topological polar surface area (TPSA) is 134 Å². The Morgan fingerprint density at radius 1 is 1.08 bits per heavy atom. The number of H-pyrrole nitrogens is 1. The minimum Gasteiger partial charge on any atom is -0.478 e. The van der Waals surface area contributed by atoms with Gasteiger partial charge in [-0.1, -0.05) is 23.2 Å². The minimum absolute atomic E-state index is 0.00530. The van der Waals surface area contributed by atoms with Crippen LogP contribution in [0.2, 0.25) is 10.0 Å². The number of carboxylic acids is 1. The monoisotopic (exact) mass is 378 g/mol. The van der Waals surface area contributed by atoms with Crippen LogP contribution in [0.4, 0.5) is 5.69 Å². The van der Waals surface area contributed by atoms with Gasteiger partial charge in [0.2, 0.25) is 0 Å². The van der Waals surface area contributed by atoms with Crippen molar-refractivity contribution >= 4 is 40.8 Å². The number of nitrogens with one attached hydrogen (secondary N) is 2. The number of aromatic nitrogens is 5. The number of anilines is 1. The van der Waals surface area contributed by atoms with Crippen molar-refractivity contribution in [1.82, 2.24) is 25.6 Å². The molecule has 11 heteroatoms. The smallest absolute Gasteiger partial charge is 0.337 e. The summed E-state index contributed by atoms with van der Waals surface area (Å²) in [5.41, 5.74) is 0.669. The van der Waals surface area contributed by atoms with Gasteiger partial charge in [0.15, 0.2) is 5.69 Å². The van der Waals surface area contributed by atoms with E-state index in [1.54, 1.807) is 0 Å². The van der Waals surface area contributed by atoms with Crippen molar-refractivity contribution in [2.45, 2.75) is 0 Å². The molecule has 0 aliphatic rings. The molecule has 9 nitrogen and oxygen atoms in total. The van der Waals surface area contributed by atoms with Gasteiger partial charge < -0.3 is 10.4 Å². The maximum Gasteiger partial charge on any atom is 0.337 e. The number of aromatic carboxylic acids is 1. The van der Waals surface area contributed by atoms with Gasteiger partial charge in [0.05, 0.1) is 27.5 Å². The molecule has 0 aliphatic carbocycles. The highest BCUT2D eigenvalue weighted by molar-refractivity contribution is 6.42. The van der Waals surface area contributed by atoms with Gasteiger partial charge >= 0.3 is 5.97 Å². The molecule has 3 N–H and O–H groups in total. The van der Waals surface area contributed by atoms with E-state index >= 15 is 0 Å². The molecule has 0 bridgehead atoms. The molecule has 2 aromatic heterocycles. The lowest BCUT2D eigenvalue weighted by Crippen LogP contribution is -2.16. The van der Waals surface area contributed by atoms with Gasteiger partial charge in [-0.05, 0) is 24.3 Å². The number of hydrogen-bond donors (Lipinski definition) is 3. The Labute approximate surface area is 150 Å². The van der Waals surface area contributed by atoms with Crippen LogP contribution in [0.3, 0.4) is 0 Å². The van der Waals surface area contributed by atoms with Crippen molar-refractivity contribution < 1.29 is 14.7 Å². The molecule has 0 spiro atoms. The van der Waals surface area contributed by atoms with Crippen LogP contribution in [-0.4, -0.2) is 42.6 Å². The van der Waals surface area contributed by atoms with E-state index in [4.69, 9.17) is 23.2 Å². The first-order valence-electron chi connectivity index (χ1n) is 6.69. The second kappa shape index (κ2) is 6.83. The second-order valence-electron chi connectivity index (χ2n) is 4.73. The summed E-state index contributed by atoms with van der Waals surface area (Å²) in [5, 5.41) is 29.4. The maximum atomic E-state index is 12.3. The third kappa shape index (κ3) is 3.57. The van der Waals surface area contributed by atoms with Gasteiger partial charge in [-0.2, -0.15) is 15.4 Å². The molecule has 0 saturated carbocycles. The van der Waals surface area contributed by atoms with Crippen LogP contribution < -0.4 is 5.32 Å². The lowest BCUT2D eigenvalue weighted by atomic mass is 10.1. The molecule has 1 amide bonds. The van der Waals surface area contributed by atoms with Crippen molar-refractivity contribution in [2.75, 3.05) is 5.32 Å². The van der Waals surface area contributed by atoms with E-state index in [1.165, 1.54) is 24.4 Å². The number of amides is 1. The number of hydrogen-bond acceptors (Lipinski definition) is 6. The van der Waals surface area contributed by atoms with Crippen LogP contribution in [0.25, 0.3) is 11.4 Å². The molecule has 25 heavy (non-hydrogen) atoms. The fourth-order valence-corrected chi connectivity index (χ4v) is 2.26. The first kappa shape index (κ1) is 16.8. The summed E-state index contributed by atoms with van der Waals surface area (Å²) < 4.78 is 0. The summed E-state index contributed by atoms with van der Waals surface area (Å²) in [7, 11) is 0. The third-order valence-corrected chi connectivity index (χ3v) is 3.84. The molecule has 126 valence electrons. The van der Waals surface area contributed by atoms with Crippen LogP contribution in [0.5, 0.6) is 0 Å². The Morgan fingerprint density at radius 2 is 1.84 bits per heavy atom. The molecule has 0 unspecified atom stereocenters. The number of aromatic amines is 1. The van der Waals surface area contributed by atoms with Crippen LogP contribution in [-0.2, 0) is 0 Å². The van der Waals surface area contributed by atoms with Gasteiger partial charge in [0.1, 0.15) is 11.4 Å². The summed E-state index contributed by atoms with van der Waals surface area (Å²) >= 11 is 11.7. The summed E-state index contributed by atoms with van der Waals surface area (Å²) in [6, 6.07) is 5.36. The lowest BCUT2D eigenvalue weighted by Gasteiger charge is -2.09. The number of halogens is 2. The highest BCUT2D eigenvalue weighted by Crippen LogP contribution is 2.29. The van der Waals surface area contributed by atoms with Crippen LogP contribution in [0, 0.1) is 0 Å². The molecule has 0 saturated heterocycles. The van der Waals surface area contributed by atoms with Crippen molar-refractivity contribution in [3.05, 3.63) is 51.8 Å². The Morgan fingerprint density at radius 3 is 2.44 bits per heavy atom. The first-order chi connectivity index (χ1) is 12.0. The standard InChI is InChI=1S/C14H8Cl2N6O3/c15-7-3-6(14(24)25)11(4-8(7)16)18-13(23)10-2-1-9(19-20-10)12-5-17-22-21-12/h1-5H,(H,18,23)(H,24,25)(H,17,21,22). The molecule has 0 radical (unpaired) electrons. The Bertz CT molecular complexity index is 944. The maximum absolute atomic E-state index is 12.3. The highest BCUT2D eigenvalue weighted by atomic mass is 35.5. The summed E-state index contributed by atoms with van der Waals surface area (Å²) in [4.78, 5) is 23.5. The van der Waals surface area contributed by atoms with Gasteiger partial charge in [0.25, 0.3) is 5.91 Å². The molecular formula is C14H8Cl2N6O3. The molecule has 0 aliphatic heterocycles. The summed E-state index contributed by atoms with van der Waals surface area (Å²) in [6.45, 7) is 0. The van der Waals surface area contributed by atoms with E-state index in [2.05, 4.69) is 30.9 Å². The lowest BCUT2D eigenvalue weighted by molar-refractivity contribution is 0.0698. The fourth-order valence-electron chi connectivity index (χ4n) is 1.93. The number of nitrogens with zero attached hydrogens (tertiary/aromatic N) is 4. The quantitative estimate of drug-likeness (QED) is 0.634. The molecule has 0 atom stereocenters. The van der Waals surface area contributed by atoms with E-state index in [-0.39, 0.29) is 27.0 Å². The molecule has 2 heterocycles. The molecule has 3 aromatic rings. The zero-order chi connectivity index (χ0) is 18.0. The van der Waals surface area contributed by atoms with E-state index in [0.717, 1.165) is 6.07 Å². The average molecular weight is 379 g/mol. The SMILES string of the molecule is O=C(Nc1cc(Cl)c(Cl)cc1C(=O)O)c1ccc(-c2cn[nH]n2)nn1. The average Bonchev–Trinajstić information content (AvgIpc) is 3.12. The van der Waals surface area contributed by atoms with Crippen LogP contribution >= 0.6 is 23.2 Å². The van der Waals surface area contributed by atoms with Crippen LogP contribution in [0.15, 0.2) is 30.5 Å². The number of rotatable bonds is 4. The number of carbonyl (C=O) groups is 2. The van der Waals surface area contributed by atoms with Crippen LogP contribution in [0.1, 0.15) is 20.8 Å². The fraction of sp³-hybridized carbons (Fsp3) is 0. The van der Waals surface area contributed by atoms with Gasteiger partial charge in [-0.25, -0.2) is 4.79 Å². The van der Waals surface area contributed by atoms with E-state index in [1.807, 2.05) is 0 Å². The summed E-state index contributed by atoms with van der Waals surface area (Å²) in [6.07, 6.45) is 1.46. The van der Waals surface area contributed by atoms with Gasteiger partial charge in [0, 0.05) is 0 Å². The summed E-state index contributed by atoms with van der Waals surface area (Å²) in [5.74, 6) is -1.92. The first-order valence-corrected chi connectivity index (χ1v) is 7.45. The number of benzene rings is 1. The van der Waals surface area contributed by atoms with Crippen molar-refractivity contribution in [2.24, 2.45) is 0 Å². The zero-order valence-electron chi connectivity index (χ0n) is 12.2. The molecule has 3 rings (SSSR count). The zero-order valence-corrected chi connectivity index (χ0v) is 13.7. The predicted octanol–water partition coefficient (Wildman–Crippen LogP) is 2.52. The Balaban J connectivity index is 1.85. The van der Waals surface area contributed by atoms with Crippen molar-refractivity contribution in [1.29, 1.82) is 0 Å². The Kier molecular flexibility index (Phi) is 4.59. The largest absolute Gasteiger partial charge is 0.478 e.